The van der Waals surface area contributed by atoms with Crippen LogP contribution in [0.5, 0.6) is 0 Å². The molecule has 0 aromatic rings. The molecule has 0 aromatic heterocycles. The zero-order chi connectivity index (χ0) is 6.15. The maximum Gasteiger partial charge on any atom is 1.00 e. The first-order valence-electron chi connectivity index (χ1n) is 2.11. The number of hydroxylamine groups is 2. The second-order valence-electron chi connectivity index (χ2n) is 1.45. The van der Waals surface area contributed by atoms with Crippen molar-refractivity contribution in [3.63, 3.8) is 0 Å². The van der Waals surface area contributed by atoms with Crippen LogP contribution >= 0.6 is 0 Å². The van der Waals surface area contributed by atoms with E-state index in [0.717, 1.165) is 6.42 Å². The summed E-state index contributed by atoms with van der Waals surface area (Å²) in [5.74, 6) is -1.19. The van der Waals surface area contributed by atoms with Crippen LogP contribution in [0.2, 0.25) is 0 Å². The molecule has 1 saturated heterocycles. The molecule has 5 heteroatoms. The van der Waals surface area contributed by atoms with E-state index in [9.17, 15) is 9.59 Å². The third-order valence-electron chi connectivity index (χ3n) is 0.896. The van der Waals surface area contributed by atoms with E-state index in [1.165, 1.54) is 0 Å². The van der Waals surface area contributed by atoms with E-state index >= 15 is 0 Å². The third kappa shape index (κ3) is 1.69. The molecule has 0 saturated carbocycles. The number of hydrogen-bond donors (Lipinski definition) is 1. The van der Waals surface area contributed by atoms with Crippen LogP contribution in [0.1, 0.15) is 6.42 Å². The topological polar surface area (TPSA) is 57.6 Å². The van der Waals surface area contributed by atoms with Gasteiger partial charge in [-0.25, -0.2) is 0 Å². The smallest absolute Gasteiger partial charge is 0.308 e. The summed E-state index contributed by atoms with van der Waals surface area (Å²) < 4.78 is 0. The molecule has 0 aliphatic carbocycles. The van der Waals surface area contributed by atoms with Crippen molar-refractivity contribution in [2.45, 2.75) is 6.42 Å². The van der Waals surface area contributed by atoms with Crippen molar-refractivity contribution >= 4 is 11.8 Å². The van der Waals surface area contributed by atoms with Crippen molar-refractivity contribution in [1.82, 2.24) is 5.06 Å². The molecular formula is C4H4NNaO3. The molecule has 0 radical (unpaired) electrons. The summed E-state index contributed by atoms with van der Waals surface area (Å²) >= 11 is 0. The van der Waals surface area contributed by atoms with Crippen molar-refractivity contribution in [2.75, 3.05) is 0 Å². The first-order valence-corrected chi connectivity index (χ1v) is 2.11. The SMILES string of the molecule is O=C1[CH-]CC(=O)N1O.[Na+]. The zero-order valence-corrected chi connectivity index (χ0v) is 7.00. The van der Waals surface area contributed by atoms with Crippen LogP contribution in [0, 0.1) is 6.42 Å². The fraction of sp³-hybridized carbons (Fsp3) is 0.250. The average molecular weight is 137 g/mol. The van der Waals surface area contributed by atoms with Crippen molar-refractivity contribution in [2.24, 2.45) is 0 Å². The summed E-state index contributed by atoms with van der Waals surface area (Å²) in [5, 5.41) is 8.48. The fourth-order valence-corrected chi connectivity index (χ4v) is 0.470. The number of nitrogens with zero attached hydrogens (tertiary/aromatic N) is 1. The van der Waals surface area contributed by atoms with Gasteiger partial charge in [0.15, 0.2) is 0 Å². The van der Waals surface area contributed by atoms with E-state index < -0.39 is 11.8 Å². The molecule has 0 spiro atoms. The molecule has 1 N–H and O–H groups in total. The molecule has 0 aromatic carbocycles. The number of rotatable bonds is 0. The van der Waals surface area contributed by atoms with Gasteiger partial charge in [0.25, 0.3) is 0 Å². The van der Waals surface area contributed by atoms with Gasteiger partial charge in [-0.3, -0.25) is 16.4 Å². The Labute approximate surface area is 74.1 Å². The van der Waals surface area contributed by atoms with Crippen molar-refractivity contribution in [3.8, 4) is 0 Å². The van der Waals surface area contributed by atoms with E-state index in [0.29, 0.717) is 0 Å². The van der Waals surface area contributed by atoms with E-state index in [-0.39, 0.29) is 41.0 Å². The Morgan fingerprint density at radius 3 is 2.22 bits per heavy atom. The summed E-state index contributed by atoms with van der Waals surface area (Å²) in [7, 11) is 0. The second kappa shape index (κ2) is 3.22. The minimum atomic E-state index is -0.630. The minimum Gasteiger partial charge on any atom is -0.308 e. The predicted molar refractivity (Wildman–Crippen MR) is 22.6 cm³/mol. The number of amides is 2. The summed E-state index contributed by atoms with van der Waals surface area (Å²) in [6.07, 6.45) is 1.15. The normalized spacial score (nSPS) is 17.2. The molecule has 0 bridgehead atoms. The molecule has 2 amide bonds. The number of hydrogen-bond acceptors (Lipinski definition) is 3. The Balaban J connectivity index is 0.000000640. The molecule has 1 rings (SSSR count). The van der Waals surface area contributed by atoms with Crippen LogP contribution in [0.4, 0.5) is 0 Å². The predicted octanol–water partition coefficient (Wildman–Crippen LogP) is -3.66. The Kier molecular flexibility index (Phi) is 3.21. The van der Waals surface area contributed by atoms with Crippen molar-refractivity contribution in [1.29, 1.82) is 0 Å². The standard InChI is InChI=1S/C4H4NO3.Na/c6-3-1-2-4(7)5(3)8;/h1,8H,2H2;/q-1;+1. The van der Waals surface area contributed by atoms with Crippen LogP contribution in [-0.2, 0) is 9.59 Å². The first-order chi connectivity index (χ1) is 3.72. The van der Waals surface area contributed by atoms with Gasteiger partial charge in [-0.05, 0) is 0 Å². The van der Waals surface area contributed by atoms with Crippen LogP contribution in [0.15, 0.2) is 0 Å². The molecule has 1 heterocycles. The molecular weight excluding hydrogens is 133 g/mol. The monoisotopic (exact) mass is 137 g/mol. The Morgan fingerprint density at radius 2 is 2.11 bits per heavy atom. The second-order valence-corrected chi connectivity index (χ2v) is 1.45. The van der Waals surface area contributed by atoms with Gasteiger partial charge in [0, 0.05) is 0 Å². The number of imide groups is 1. The molecule has 44 valence electrons. The van der Waals surface area contributed by atoms with Crippen molar-refractivity contribution in [3.05, 3.63) is 6.42 Å². The first kappa shape index (κ1) is 8.97. The van der Waals surface area contributed by atoms with Crippen LogP contribution < -0.4 is 29.6 Å². The van der Waals surface area contributed by atoms with Gasteiger partial charge in [0.1, 0.15) is 5.91 Å². The molecule has 1 aliphatic heterocycles. The van der Waals surface area contributed by atoms with Crippen LogP contribution in [0.3, 0.4) is 0 Å². The Hall–Kier alpha value is -0.0300. The fourth-order valence-electron chi connectivity index (χ4n) is 0.470. The van der Waals surface area contributed by atoms with Crippen LogP contribution in [0.25, 0.3) is 0 Å². The van der Waals surface area contributed by atoms with Gasteiger partial charge in [-0.15, -0.1) is 0 Å². The Bertz CT molecular complexity index is 131. The van der Waals surface area contributed by atoms with E-state index in [2.05, 4.69) is 0 Å². The number of carbonyl (C=O) groups is 2. The number of carbonyl (C=O) groups excluding carboxylic acids is 2. The van der Waals surface area contributed by atoms with Gasteiger partial charge in [0.2, 0.25) is 5.91 Å². The quantitative estimate of drug-likeness (QED) is 0.162. The maximum atomic E-state index is 10.2. The maximum absolute atomic E-state index is 10.2. The molecule has 0 unspecified atom stereocenters. The largest absolute Gasteiger partial charge is 1.00 e. The zero-order valence-electron chi connectivity index (χ0n) is 5.00. The van der Waals surface area contributed by atoms with Gasteiger partial charge >= 0.3 is 29.6 Å². The summed E-state index contributed by atoms with van der Waals surface area (Å²) in [5.41, 5.74) is 0. The van der Waals surface area contributed by atoms with E-state index in [1.807, 2.05) is 0 Å². The molecule has 0 atom stereocenters. The molecule has 1 fully saturated rings. The summed E-state index contributed by atoms with van der Waals surface area (Å²) in [4.78, 5) is 20.4. The van der Waals surface area contributed by atoms with Gasteiger partial charge < -0.3 is 4.79 Å². The molecule has 4 nitrogen and oxygen atoms in total. The van der Waals surface area contributed by atoms with Gasteiger partial charge in [-0.1, -0.05) is 6.42 Å². The van der Waals surface area contributed by atoms with E-state index in [1.54, 1.807) is 0 Å². The van der Waals surface area contributed by atoms with Crippen LogP contribution in [-0.4, -0.2) is 22.1 Å². The van der Waals surface area contributed by atoms with E-state index in [4.69, 9.17) is 5.21 Å². The molecule has 1 aliphatic rings. The Morgan fingerprint density at radius 1 is 1.56 bits per heavy atom. The van der Waals surface area contributed by atoms with Gasteiger partial charge in [0.05, 0.1) is 0 Å². The molecule has 9 heavy (non-hydrogen) atoms. The minimum absolute atomic E-state index is 0. The van der Waals surface area contributed by atoms with Crippen molar-refractivity contribution < 1.29 is 44.4 Å². The third-order valence-corrected chi connectivity index (χ3v) is 0.896. The van der Waals surface area contributed by atoms with Gasteiger partial charge in [-0.2, -0.15) is 5.06 Å². The average Bonchev–Trinajstić information content (AvgIpc) is 1.98. The summed E-state index contributed by atoms with van der Waals surface area (Å²) in [6, 6.07) is 0. The summed E-state index contributed by atoms with van der Waals surface area (Å²) in [6.45, 7) is 0.